The van der Waals surface area contributed by atoms with Crippen molar-refractivity contribution in [3.63, 3.8) is 0 Å². The normalized spacial score (nSPS) is 20.9. The fourth-order valence-corrected chi connectivity index (χ4v) is 3.74. The van der Waals surface area contributed by atoms with Gasteiger partial charge in [0.1, 0.15) is 0 Å². The van der Waals surface area contributed by atoms with E-state index in [1.54, 1.807) is 18.5 Å². The van der Waals surface area contributed by atoms with Crippen molar-refractivity contribution in [1.82, 2.24) is 4.98 Å². The van der Waals surface area contributed by atoms with Gasteiger partial charge in [0.25, 0.3) is 0 Å². The summed E-state index contributed by atoms with van der Waals surface area (Å²) in [4.78, 5) is 42.6. The van der Waals surface area contributed by atoms with Crippen LogP contribution in [0.15, 0.2) is 54.9 Å². The van der Waals surface area contributed by atoms with Crippen molar-refractivity contribution < 1.29 is 19.5 Å². The number of nitrogens with one attached hydrogen (secondary N) is 1. The number of aromatic carboxylic acids is 1. The lowest BCUT2D eigenvalue weighted by Gasteiger charge is -2.20. The maximum absolute atomic E-state index is 12.9. The van der Waals surface area contributed by atoms with Crippen molar-refractivity contribution in [2.45, 2.75) is 19.4 Å². The molecule has 1 fully saturated rings. The van der Waals surface area contributed by atoms with Crippen LogP contribution in [0.3, 0.4) is 0 Å². The van der Waals surface area contributed by atoms with Crippen molar-refractivity contribution in [3.05, 3.63) is 66.0 Å². The molecule has 7 nitrogen and oxygen atoms in total. The molecular formula is C21H19N3O4. The number of rotatable bonds is 5. The summed E-state index contributed by atoms with van der Waals surface area (Å²) in [5, 5.41) is 12.6. The third kappa shape index (κ3) is 3.15. The molecule has 4 rings (SSSR count). The molecule has 1 aliphatic heterocycles. The molecule has 2 heterocycles. The summed E-state index contributed by atoms with van der Waals surface area (Å²) in [6.07, 6.45) is 8.29. The lowest BCUT2D eigenvalue weighted by molar-refractivity contribution is -0.122. The standard InChI is InChI=1S/C21H19N3O4/c25-19-15-5-1-2-6-16(15)20(26)24(19)18-10-14(21(27)28)7-8-17(18)23-12-13-4-3-9-22-11-13/h1-4,7-11,15-16,23H,5-6,12H2,(H,27,28)/t15-,16+. The number of carboxylic acids is 1. The number of anilines is 2. The average molecular weight is 377 g/mol. The Bertz CT molecular complexity index is 945. The first-order valence-electron chi connectivity index (χ1n) is 9.09. The van der Waals surface area contributed by atoms with Gasteiger partial charge in [0.2, 0.25) is 11.8 Å². The number of fused-ring (bicyclic) bond motifs is 1. The van der Waals surface area contributed by atoms with Gasteiger partial charge >= 0.3 is 5.97 Å². The van der Waals surface area contributed by atoms with Crippen LogP contribution in [0.5, 0.6) is 0 Å². The van der Waals surface area contributed by atoms with Crippen LogP contribution < -0.4 is 10.2 Å². The second-order valence-corrected chi connectivity index (χ2v) is 6.92. The van der Waals surface area contributed by atoms with E-state index in [4.69, 9.17) is 0 Å². The topological polar surface area (TPSA) is 99.6 Å². The molecule has 2 amide bonds. The van der Waals surface area contributed by atoms with Gasteiger partial charge in [-0.25, -0.2) is 9.69 Å². The fourth-order valence-electron chi connectivity index (χ4n) is 3.74. The second-order valence-electron chi connectivity index (χ2n) is 6.92. The Morgan fingerprint density at radius 1 is 1.14 bits per heavy atom. The molecule has 0 saturated carbocycles. The molecule has 7 heteroatoms. The van der Waals surface area contributed by atoms with Gasteiger partial charge in [0, 0.05) is 18.9 Å². The zero-order chi connectivity index (χ0) is 19.7. The zero-order valence-electron chi connectivity index (χ0n) is 15.0. The lowest BCUT2D eigenvalue weighted by Crippen LogP contribution is -2.31. The van der Waals surface area contributed by atoms with E-state index in [9.17, 15) is 19.5 Å². The van der Waals surface area contributed by atoms with Gasteiger partial charge in [-0.1, -0.05) is 18.2 Å². The molecule has 0 spiro atoms. The van der Waals surface area contributed by atoms with Crippen molar-refractivity contribution in [3.8, 4) is 0 Å². The van der Waals surface area contributed by atoms with Gasteiger partial charge in [-0.15, -0.1) is 0 Å². The van der Waals surface area contributed by atoms with E-state index in [0.717, 1.165) is 10.5 Å². The van der Waals surface area contributed by atoms with E-state index in [-0.39, 0.29) is 34.9 Å². The zero-order valence-corrected chi connectivity index (χ0v) is 15.0. The number of pyridine rings is 1. The van der Waals surface area contributed by atoms with Crippen molar-refractivity contribution in [2.75, 3.05) is 10.2 Å². The lowest BCUT2D eigenvalue weighted by atomic mass is 9.85. The minimum Gasteiger partial charge on any atom is -0.478 e. The summed E-state index contributed by atoms with van der Waals surface area (Å²) in [5.74, 6) is -2.41. The Morgan fingerprint density at radius 2 is 1.86 bits per heavy atom. The van der Waals surface area contributed by atoms with E-state index in [1.807, 2.05) is 24.3 Å². The Labute approximate surface area is 161 Å². The van der Waals surface area contributed by atoms with E-state index < -0.39 is 5.97 Å². The second kappa shape index (κ2) is 7.26. The first-order valence-corrected chi connectivity index (χ1v) is 9.09. The maximum Gasteiger partial charge on any atom is 0.335 e. The number of imide groups is 1. The Balaban J connectivity index is 1.69. The largest absolute Gasteiger partial charge is 0.478 e. The summed E-state index contributed by atoms with van der Waals surface area (Å²) in [6, 6.07) is 8.15. The Hall–Kier alpha value is -3.48. The number of aromatic nitrogens is 1. The molecule has 28 heavy (non-hydrogen) atoms. The highest BCUT2D eigenvalue weighted by atomic mass is 16.4. The van der Waals surface area contributed by atoms with Crippen molar-refractivity contribution in [1.29, 1.82) is 0 Å². The molecule has 1 saturated heterocycles. The van der Waals surface area contributed by atoms with Crippen LogP contribution in [0.4, 0.5) is 11.4 Å². The third-order valence-electron chi connectivity index (χ3n) is 5.20. The number of benzene rings is 1. The third-order valence-corrected chi connectivity index (χ3v) is 5.20. The molecule has 1 aliphatic carbocycles. The predicted octanol–water partition coefficient (Wildman–Crippen LogP) is 2.85. The molecule has 0 bridgehead atoms. The maximum atomic E-state index is 12.9. The fraction of sp³-hybridized carbons (Fsp3) is 0.238. The molecular weight excluding hydrogens is 358 g/mol. The van der Waals surface area contributed by atoms with Gasteiger partial charge in [0.15, 0.2) is 0 Å². The van der Waals surface area contributed by atoms with E-state index in [0.29, 0.717) is 25.1 Å². The van der Waals surface area contributed by atoms with Crippen LogP contribution >= 0.6 is 0 Å². The summed E-state index contributed by atoms with van der Waals surface area (Å²) in [7, 11) is 0. The van der Waals surface area contributed by atoms with Crippen LogP contribution in [0.1, 0.15) is 28.8 Å². The van der Waals surface area contributed by atoms with Gasteiger partial charge < -0.3 is 10.4 Å². The molecule has 2 atom stereocenters. The number of amides is 2. The molecule has 2 aliphatic rings. The Kier molecular flexibility index (Phi) is 4.65. The smallest absolute Gasteiger partial charge is 0.335 e. The number of hydrogen-bond donors (Lipinski definition) is 2. The summed E-state index contributed by atoms with van der Waals surface area (Å²) in [5.41, 5.74) is 1.76. The van der Waals surface area contributed by atoms with Gasteiger partial charge in [-0.3, -0.25) is 14.6 Å². The van der Waals surface area contributed by atoms with Crippen LogP contribution in [0.2, 0.25) is 0 Å². The van der Waals surface area contributed by atoms with Crippen molar-refractivity contribution in [2.24, 2.45) is 11.8 Å². The van der Waals surface area contributed by atoms with Gasteiger partial charge in [-0.05, 0) is 42.7 Å². The quantitative estimate of drug-likeness (QED) is 0.614. The predicted molar refractivity (Wildman–Crippen MR) is 103 cm³/mol. The van der Waals surface area contributed by atoms with Gasteiger partial charge in [0.05, 0.1) is 28.8 Å². The van der Waals surface area contributed by atoms with E-state index in [2.05, 4.69) is 10.3 Å². The SMILES string of the molecule is O=C(O)c1ccc(NCc2cccnc2)c(N2C(=O)[C@H]3CC=CC[C@H]3C2=O)c1. The van der Waals surface area contributed by atoms with Crippen LogP contribution in [0, 0.1) is 11.8 Å². The molecule has 142 valence electrons. The summed E-state index contributed by atoms with van der Waals surface area (Å²) < 4.78 is 0. The highest BCUT2D eigenvalue weighted by molar-refractivity contribution is 6.23. The highest BCUT2D eigenvalue weighted by Crippen LogP contribution is 2.40. The van der Waals surface area contributed by atoms with Crippen LogP contribution in [-0.2, 0) is 16.1 Å². The number of hydrogen-bond acceptors (Lipinski definition) is 5. The summed E-state index contributed by atoms with van der Waals surface area (Å²) >= 11 is 0. The van der Waals surface area contributed by atoms with E-state index in [1.165, 1.54) is 12.1 Å². The van der Waals surface area contributed by atoms with Crippen molar-refractivity contribution >= 4 is 29.2 Å². The molecule has 2 aromatic rings. The first kappa shape index (κ1) is 17.9. The van der Waals surface area contributed by atoms with E-state index >= 15 is 0 Å². The monoisotopic (exact) mass is 377 g/mol. The number of carbonyl (C=O) groups excluding carboxylic acids is 2. The molecule has 1 aromatic heterocycles. The highest BCUT2D eigenvalue weighted by Gasteiger charge is 2.48. The molecule has 1 aromatic carbocycles. The number of nitrogens with zero attached hydrogens (tertiary/aromatic N) is 2. The molecule has 2 N–H and O–H groups in total. The summed E-state index contributed by atoms with van der Waals surface area (Å²) in [6.45, 7) is 0.428. The van der Waals surface area contributed by atoms with Crippen LogP contribution in [0.25, 0.3) is 0 Å². The first-order chi connectivity index (χ1) is 13.6. The number of carbonyl (C=O) groups is 3. The Morgan fingerprint density at radius 3 is 2.46 bits per heavy atom. The number of allylic oxidation sites excluding steroid dienone is 2. The van der Waals surface area contributed by atoms with Gasteiger partial charge in [-0.2, -0.15) is 0 Å². The number of carboxylic acid groups (broad SMARTS) is 1. The van der Waals surface area contributed by atoms with Crippen LogP contribution in [-0.4, -0.2) is 27.9 Å². The minimum absolute atomic E-state index is 0.0236. The molecule has 0 unspecified atom stereocenters. The minimum atomic E-state index is -1.11. The molecule has 0 radical (unpaired) electrons. The average Bonchev–Trinajstić information content (AvgIpc) is 2.98.